The van der Waals surface area contributed by atoms with Crippen LogP contribution in [0.5, 0.6) is 0 Å². The number of rotatable bonds is 3. The molecule has 94 valence electrons. The topological polar surface area (TPSA) is 37.0 Å². The zero-order valence-corrected chi connectivity index (χ0v) is 11.0. The van der Waals surface area contributed by atoms with E-state index in [2.05, 4.69) is 15.6 Å². The predicted octanol–water partition coefficient (Wildman–Crippen LogP) is 4.31. The molecule has 0 bridgehead atoms. The number of nitrogens with zero attached hydrogens (tertiary/aromatic N) is 1. The van der Waals surface area contributed by atoms with E-state index < -0.39 is 5.82 Å². The maximum Gasteiger partial charge on any atom is 0.160 e. The zero-order valence-electron chi connectivity index (χ0n) is 9.47. The van der Waals surface area contributed by atoms with E-state index in [-0.39, 0.29) is 10.0 Å². The Bertz CT molecular complexity index is 552. The summed E-state index contributed by atoms with van der Waals surface area (Å²) in [6.45, 7) is 0. The van der Waals surface area contributed by atoms with Gasteiger partial charge in [0.25, 0.3) is 0 Å². The molecule has 0 aliphatic carbocycles. The molecule has 0 saturated heterocycles. The van der Waals surface area contributed by atoms with Crippen molar-refractivity contribution in [2.75, 3.05) is 17.7 Å². The van der Waals surface area contributed by atoms with E-state index in [9.17, 15) is 4.39 Å². The third-order valence-electron chi connectivity index (χ3n) is 2.30. The molecule has 2 rings (SSSR count). The zero-order chi connectivity index (χ0) is 13.1. The SMILES string of the molecule is CNc1cncc(Nc2cc(Cl)c(F)c(Cl)c2)c1. The third kappa shape index (κ3) is 2.83. The summed E-state index contributed by atoms with van der Waals surface area (Å²) in [7, 11) is 1.80. The van der Waals surface area contributed by atoms with Gasteiger partial charge in [0.2, 0.25) is 0 Å². The van der Waals surface area contributed by atoms with Crippen LogP contribution in [0.3, 0.4) is 0 Å². The van der Waals surface area contributed by atoms with Gasteiger partial charge in [0.05, 0.1) is 33.8 Å². The number of pyridine rings is 1. The molecule has 18 heavy (non-hydrogen) atoms. The smallest absolute Gasteiger partial charge is 0.160 e. The van der Waals surface area contributed by atoms with Crippen molar-refractivity contribution in [1.29, 1.82) is 0 Å². The van der Waals surface area contributed by atoms with E-state index >= 15 is 0 Å². The van der Waals surface area contributed by atoms with E-state index in [1.54, 1.807) is 19.4 Å². The molecule has 1 aromatic heterocycles. The van der Waals surface area contributed by atoms with Gasteiger partial charge in [0, 0.05) is 12.7 Å². The number of hydrogen-bond acceptors (Lipinski definition) is 3. The molecule has 2 aromatic rings. The van der Waals surface area contributed by atoms with Gasteiger partial charge in [0.15, 0.2) is 5.82 Å². The van der Waals surface area contributed by atoms with E-state index in [0.29, 0.717) is 5.69 Å². The van der Waals surface area contributed by atoms with Crippen molar-refractivity contribution < 1.29 is 4.39 Å². The number of benzene rings is 1. The maximum absolute atomic E-state index is 13.3. The van der Waals surface area contributed by atoms with E-state index in [1.807, 2.05) is 6.07 Å². The fourth-order valence-corrected chi connectivity index (χ4v) is 1.93. The van der Waals surface area contributed by atoms with Gasteiger partial charge in [-0.3, -0.25) is 4.98 Å². The Morgan fingerprint density at radius 2 is 1.61 bits per heavy atom. The predicted molar refractivity (Wildman–Crippen MR) is 73.5 cm³/mol. The first kappa shape index (κ1) is 12.9. The molecular formula is C12H10Cl2FN3. The standard InChI is InChI=1S/C12H10Cl2FN3/c1-16-8-2-9(6-17-5-8)18-7-3-10(13)12(15)11(14)4-7/h2-6,16,18H,1H3. The molecule has 0 aliphatic rings. The van der Waals surface area contributed by atoms with Crippen molar-refractivity contribution >= 4 is 40.3 Å². The maximum atomic E-state index is 13.3. The number of nitrogens with one attached hydrogen (secondary N) is 2. The molecule has 0 saturated carbocycles. The molecular weight excluding hydrogens is 276 g/mol. The Kier molecular flexibility index (Phi) is 3.89. The van der Waals surface area contributed by atoms with Gasteiger partial charge in [-0.1, -0.05) is 23.2 Å². The van der Waals surface area contributed by atoms with Crippen molar-refractivity contribution in [3.63, 3.8) is 0 Å². The lowest BCUT2D eigenvalue weighted by Crippen LogP contribution is -1.95. The minimum atomic E-state index is -0.619. The summed E-state index contributed by atoms with van der Waals surface area (Å²) in [5.41, 5.74) is 2.21. The van der Waals surface area contributed by atoms with Crippen LogP contribution in [0.2, 0.25) is 10.0 Å². The first-order chi connectivity index (χ1) is 8.60. The molecule has 0 fully saturated rings. The van der Waals surface area contributed by atoms with E-state index in [1.165, 1.54) is 12.1 Å². The van der Waals surface area contributed by atoms with Crippen molar-refractivity contribution in [3.8, 4) is 0 Å². The highest BCUT2D eigenvalue weighted by molar-refractivity contribution is 6.35. The largest absolute Gasteiger partial charge is 0.387 e. The minimum absolute atomic E-state index is 0.0252. The molecule has 0 radical (unpaired) electrons. The van der Waals surface area contributed by atoms with Crippen LogP contribution in [0.15, 0.2) is 30.6 Å². The number of halogens is 3. The van der Waals surface area contributed by atoms with Gasteiger partial charge in [-0.25, -0.2) is 4.39 Å². The fraction of sp³-hybridized carbons (Fsp3) is 0.0833. The summed E-state index contributed by atoms with van der Waals surface area (Å²) in [6, 6.07) is 4.79. The second-order valence-electron chi connectivity index (χ2n) is 3.59. The van der Waals surface area contributed by atoms with Crippen molar-refractivity contribution in [2.24, 2.45) is 0 Å². The van der Waals surface area contributed by atoms with Crippen LogP contribution in [0.25, 0.3) is 0 Å². The van der Waals surface area contributed by atoms with Gasteiger partial charge >= 0.3 is 0 Å². The second-order valence-corrected chi connectivity index (χ2v) is 4.41. The Labute approximate surface area is 114 Å². The lowest BCUT2D eigenvalue weighted by molar-refractivity contribution is 0.629. The summed E-state index contributed by atoms with van der Waals surface area (Å²) in [6.07, 6.45) is 3.34. The molecule has 6 heteroatoms. The molecule has 0 atom stereocenters. The van der Waals surface area contributed by atoms with Crippen molar-refractivity contribution in [3.05, 3.63) is 46.5 Å². The summed E-state index contributed by atoms with van der Waals surface area (Å²) in [5, 5.41) is 5.97. The summed E-state index contributed by atoms with van der Waals surface area (Å²) >= 11 is 11.4. The van der Waals surface area contributed by atoms with Crippen LogP contribution in [-0.4, -0.2) is 12.0 Å². The van der Waals surface area contributed by atoms with Gasteiger partial charge in [-0.05, 0) is 18.2 Å². The van der Waals surface area contributed by atoms with Crippen LogP contribution < -0.4 is 10.6 Å². The molecule has 0 amide bonds. The van der Waals surface area contributed by atoms with Gasteiger partial charge in [0.1, 0.15) is 0 Å². The van der Waals surface area contributed by atoms with Crippen molar-refractivity contribution in [1.82, 2.24) is 4.98 Å². The fourth-order valence-electron chi connectivity index (χ4n) is 1.44. The first-order valence-corrected chi connectivity index (χ1v) is 5.90. The van der Waals surface area contributed by atoms with Crippen molar-refractivity contribution in [2.45, 2.75) is 0 Å². The first-order valence-electron chi connectivity index (χ1n) is 5.14. The molecule has 1 heterocycles. The van der Waals surface area contributed by atoms with Gasteiger partial charge in [-0.2, -0.15) is 0 Å². The van der Waals surface area contributed by atoms with Crippen LogP contribution in [0, 0.1) is 5.82 Å². The highest BCUT2D eigenvalue weighted by atomic mass is 35.5. The quantitative estimate of drug-likeness (QED) is 0.825. The molecule has 3 nitrogen and oxygen atoms in total. The Morgan fingerprint density at radius 1 is 1.00 bits per heavy atom. The summed E-state index contributed by atoms with van der Waals surface area (Å²) < 4.78 is 13.3. The third-order valence-corrected chi connectivity index (χ3v) is 2.85. The van der Waals surface area contributed by atoms with Gasteiger partial charge in [-0.15, -0.1) is 0 Å². The molecule has 2 N–H and O–H groups in total. The Balaban J connectivity index is 2.28. The monoisotopic (exact) mass is 285 g/mol. The number of hydrogen-bond donors (Lipinski definition) is 2. The molecule has 0 unspecified atom stereocenters. The lowest BCUT2D eigenvalue weighted by Gasteiger charge is -2.09. The lowest BCUT2D eigenvalue weighted by atomic mass is 10.3. The Hall–Kier alpha value is -1.52. The summed E-state index contributed by atoms with van der Waals surface area (Å²) in [5.74, 6) is -0.619. The van der Waals surface area contributed by atoms with Crippen LogP contribution in [0.4, 0.5) is 21.5 Å². The molecule has 0 spiro atoms. The molecule has 0 aliphatic heterocycles. The minimum Gasteiger partial charge on any atom is -0.387 e. The van der Waals surface area contributed by atoms with Gasteiger partial charge < -0.3 is 10.6 Å². The van der Waals surface area contributed by atoms with E-state index in [4.69, 9.17) is 23.2 Å². The van der Waals surface area contributed by atoms with Crippen LogP contribution in [0.1, 0.15) is 0 Å². The van der Waals surface area contributed by atoms with Crippen LogP contribution in [-0.2, 0) is 0 Å². The highest BCUT2D eigenvalue weighted by Crippen LogP contribution is 2.29. The second kappa shape index (κ2) is 5.42. The summed E-state index contributed by atoms with van der Waals surface area (Å²) in [4.78, 5) is 4.05. The van der Waals surface area contributed by atoms with Crippen LogP contribution >= 0.6 is 23.2 Å². The van der Waals surface area contributed by atoms with E-state index in [0.717, 1.165) is 11.4 Å². The number of anilines is 3. The highest BCUT2D eigenvalue weighted by Gasteiger charge is 2.07. The number of aromatic nitrogens is 1. The Morgan fingerprint density at radius 3 is 2.22 bits per heavy atom. The molecule has 1 aromatic carbocycles. The average molecular weight is 286 g/mol. The normalized spacial score (nSPS) is 10.2. The average Bonchev–Trinajstić information content (AvgIpc) is 2.36.